The maximum absolute atomic E-state index is 5.43. The van der Waals surface area contributed by atoms with Crippen molar-refractivity contribution < 1.29 is 0 Å². The van der Waals surface area contributed by atoms with E-state index in [9.17, 15) is 0 Å². The summed E-state index contributed by atoms with van der Waals surface area (Å²) in [6.07, 6.45) is 16.4. The van der Waals surface area contributed by atoms with Gasteiger partial charge in [0.15, 0.2) is 0 Å². The maximum atomic E-state index is 5.43. The van der Waals surface area contributed by atoms with Crippen LogP contribution in [0.15, 0.2) is 47.9 Å². The highest BCUT2D eigenvalue weighted by atomic mass is 15.1. The molecular formula is C15H19N. The molecule has 0 radical (unpaired) electrons. The van der Waals surface area contributed by atoms with Gasteiger partial charge in [-0.25, -0.2) is 0 Å². The zero-order valence-corrected chi connectivity index (χ0v) is 10.2. The number of allylic oxidation sites excluding steroid dienone is 5. The van der Waals surface area contributed by atoms with Crippen LogP contribution in [0.5, 0.6) is 0 Å². The van der Waals surface area contributed by atoms with Gasteiger partial charge in [-0.2, -0.15) is 0 Å². The van der Waals surface area contributed by atoms with Gasteiger partial charge in [-0.1, -0.05) is 26.0 Å². The number of nitrogens with zero attached hydrogens (tertiary/aromatic N) is 1. The van der Waals surface area contributed by atoms with Crippen molar-refractivity contribution in [1.29, 1.82) is 0 Å². The lowest BCUT2D eigenvalue weighted by molar-refractivity contribution is 0.574. The van der Waals surface area contributed by atoms with Gasteiger partial charge in [0, 0.05) is 25.4 Å². The minimum atomic E-state index is 0.649. The van der Waals surface area contributed by atoms with E-state index in [1.807, 2.05) is 25.4 Å². The Morgan fingerprint density at radius 1 is 1.50 bits per heavy atom. The van der Waals surface area contributed by atoms with Crippen LogP contribution >= 0.6 is 0 Å². The van der Waals surface area contributed by atoms with Crippen LogP contribution in [0, 0.1) is 12.3 Å². The van der Waals surface area contributed by atoms with Gasteiger partial charge in [0.2, 0.25) is 0 Å². The second-order valence-electron chi connectivity index (χ2n) is 3.91. The summed E-state index contributed by atoms with van der Waals surface area (Å²) in [6.45, 7) is 6.29. The molecule has 16 heavy (non-hydrogen) atoms. The van der Waals surface area contributed by atoms with Crippen molar-refractivity contribution in [3.63, 3.8) is 0 Å². The summed E-state index contributed by atoms with van der Waals surface area (Å²) in [6, 6.07) is 0. The van der Waals surface area contributed by atoms with Gasteiger partial charge in [-0.15, -0.1) is 12.3 Å². The van der Waals surface area contributed by atoms with Crippen LogP contribution in [-0.2, 0) is 0 Å². The first kappa shape index (κ1) is 12.4. The Hall–Kier alpha value is -1.68. The van der Waals surface area contributed by atoms with Crippen LogP contribution in [-0.4, -0.2) is 11.9 Å². The van der Waals surface area contributed by atoms with Crippen LogP contribution in [0.2, 0.25) is 0 Å². The third kappa shape index (κ3) is 2.90. The summed E-state index contributed by atoms with van der Waals surface area (Å²) in [7, 11) is 2.03. The molecule has 0 aromatic rings. The maximum Gasteiger partial charge on any atom is 0.0448 e. The van der Waals surface area contributed by atoms with E-state index in [2.05, 4.69) is 30.4 Å². The van der Waals surface area contributed by atoms with E-state index in [4.69, 9.17) is 6.42 Å². The van der Waals surface area contributed by atoms with Crippen molar-refractivity contribution in [2.24, 2.45) is 0 Å². The van der Waals surface area contributed by atoms with Crippen LogP contribution in [0.4, 0.5) is 0 Å². The number of hydrogen-bond donors (Lipinski definition) is 0. The fraction of sp³-hybridized carbons (Fsp3) is 0.333. The molecule has 0 aromatic carbocycles. The molecule has 1 nitrogen and oxygen atoms in total. The summed E-state index contributed by atoms with van der Waals surface area (Å²) in [5, 5.41) is 0. The zero-order chi connectivity index (χ0) is 12.0. The number of hydrogen-bond acceptors (Lipinski definition) is 1. The molecule has 0 fully saturated rings. The SMILES string of the molecule is C#CC/C(C(=C)CCC)=C1/C=CC=CN1C. The predicted molar refractivity (Wildman–Crippen MR) is 70.6 cm³/mol. The third-order valence-electron chi connectivity index (χ3n) is 2.62. The lowest BCUT2D eigenvalue weighted by atomic mass is 9.97. The van der Waals surface area contributed by atoms with Gasteiger partial charge in [-0.05, 0) is 29.7 Å². The predicted octanol–water partition coefficient (Wildman–Crippen LogP) is 3.64. The fourth-order valence-corrected chi connectivity index (χ4v) is 1.79. The van der Waals surface area contributed by atoms with Crippen LogP contribution < -0.4 is 0 Å². The van der Waals surface area contributed by atoms with E-state index >= 15 is 0 Å². The Labute approximate surface area is 98.8 Å². The average molecular weight is 213 g/mol. The Morgan fingerprint density at radius 2 is 2.25 bits per heavy atom. The fourth-order valence-electron chi connectivity index (χ4n) is 1.79. The van der Waals surface area contributed by atoms with E-state index in [0.29, 0.717) is 6.42 Å². The lowest BCUT2D eigenvalue weighted by Gasteiger charge is -2.23. The number of rotatable bonds is 4. The van der Waals surface area contributed by atoms with Crippen molar-refractivity contribution in [2.45, 2.75) is 26.2 Å². The summed E-state index contributed by atoms with van der Waals surface area (Å²) >= 11 is 0. The first-order chi connectivity index (χ1) is 7.70. The monoisotopic (exact) mass is 213 g/mol. The molecule has 0 saturated heterocycles. The van der Waals surface area contributed by atoms with E-state index in [1.54, 1.807) is 0 Å². The second-order valence-corrected chi connectivity index (χ2v) is 3.91. The minimum absolute atomic E-state index is 0.649. The molecule has 84 valence electrons. The van der Waals surface area contributed by atoms with Gasteiger partial charge < -0.3 is 4.90 Å². The molecule has 0 unspecified atom stereocenters. The highest BCUT2D eigenvalue weighted by Gasteiger charge is 2.11. The van der Waals surface area contributed by atoms with Crippen LogP contribution in [0.3, 0.4) is 0 Å². The number of terminal acetylenes is 1. The normalized spacial score (nSPS) is 17.2. The Kier molecular flexibility index (Phi) is 4.66. The van der Waals surface area contributed by atoms with Gasteiger partial charge in [0.05, 0.1) is 0 Å². The first-order valence-corrected chi connectivity index (χ1v) is 5.63. The van der Waals surface area contributed by atoms with Gasteiger partial charge in [0.1, 0.15) is 0 Å². The summed E-state index contributed by atoms with van der Waals surface area (Å²) in [5.74, 6) is 2.72. The third-order valence-corrected chi connectivity index (χ3v) is 2.62. The average Bonchev–Trinajstić information content (AvgIpc) is 2.27. The Bertz CT molecular complexity index is 388. The standard InChI is InChI=1S/C15H19N/c1-5-9-13(3)14(10-6-2)15-11-7-8-12-16(15)4/h2,7-8,11-12H,3,5,9-10H2,1,4H3/b15-14+. The van der Waals surface area contributed by atoms with Crippen molar-refractivity contribution >= 4 is 0 Å². The highest BCUT2D eigenvalue weighted by Crippen LogP contribution is 2.25. The number of likely N-dealkylation sites (N-methyl/N-ethyl adjacent to an activating group) is 1. The van der Waals surface area contributed by atoms with E-state index in [0.717, 1.165) is 18.4 Å². The molecule has 1 aliphatic rings. The molecule has 1 rings (SSSR count). The zero-order valence-electron chi connectivity index (χ0n) is 10.2. The van der Waals surface area contributed by atoms with Gasteiger partial charge >= 0.3 is 0 Å². The van der Waals surface area contributed by atoms with Gasteiger partial charge in [0.25, 0.3) is 0 Å². The molecule has 0 aromatic heterocycles. The molecular weight excluding hydrogens is 194 g/mol. The molecule has 0 spiro atoms. The van der Waals surface area contributed by atoms with Gasteiger partial charge in [-0.3, -0.25) is 0 Å². The van der Waals surface area contributed by atoms with Crippen molar-refractivity contribution in [3.8, 4) is 12.3 Å². The molecule has 1 heteroatoms. The van der Waals surface area contributed by atoms with Crippen molar-refractivity contribution in [1.82, 2.24) is 4.90 Å². The second kappa shape index (κ2) is 6.02. The molecule has 0 saturated carbocycles. The topological polar surface area (TPSA) is 3.24 Å². The van der Waals surface area contributed by atoms with Crippen molar-refractivity contribution in [3.05, 3.63) is 47.9 Å². The Balaban J connectivity index is 3.04. The quantitative estimate of drug-likeness (QED) is 0.644. The van der Waals surface area contributed by atoms with E-state index in [-0.39, 0.29) is 0 Å². The van der Waals surface area contributed by atoms with E-state index in [1.165, 1.54) is 11.3 Å². The molecule has 0 amide bonds. The largest absolute Gasteiger partial charge is 0.351 e. The van der Waals surface area contributed by atoms with Crippen LogP contribution in [0.1, 0.15) is 26.2 Å². The molecule has 0 aliphatic carbocycles. The minimum Gasteiger partial charge on any atom is -0.351 e. The summed E-state index contributed by atoms with van der Waals surface area (Å²) < 4.78 is 0. The molecule has 0 bridgehead atoms. The summed E-state index contributed by atoms with van der Waals surface area (Å²) in [4.78, 5) is 2.09. The lowest BCUT2D eigenvalue weighted by Crippen LogP contribution is -2.13. The summed E-state index contributed by atoms with van der Waals surface area (Å²) in [5.41, 5.74) is 3.51. The molecule has 0 atom stereocenters. The molecule has 0 N–H and O–H groups in total. The smallest absolute Gasteiger partial charge is 0.0448 e. The molecule has 1 aliphatic heterocycles. The first-order valence-electron chi connectivity index (χ1n) is 5.63. The van der Waals surface area contributed by atoms with Crippen molar-refractivity contribution in [2.75, 3.05) is 7.05 Å². The molecule has 1 heterocycles. The Morgan fingerprint density at radius 3 is 2.81 bits per heavy atom. The van der Waals surface area contributed by atoms with Crippen LogP contribution in [0.25, 0.3) is 0 Å². The highest BCUT2D eigenvalue weighted by molar-refractivity contribution is 5.43. The van der Waals surface area contributed by atoms with E-state index < -0.39 is 0 Å².